The maximum Gasteiger partial charge on any atom is 0.414 e. The summed E-state index contributed by atoms with van der Waals surface area (Å²) in [6.45, 7) is 0.425. The smallest absolute Gasteiger partial charge is 0.352 e. The summed E-state index contributed by atoms with van der Waals surface area (Å²) in [5, 5.41) is 4.67. The normalized spacial score (nSPS) is 17.7. The van der Waals surface area contributed by atoms with Crippen LogP contribution >= 0.6 is 0 Å². The number of carbonyl (C=O) groups excluding carboxylic acids is 2. The van der Waals surface area contributed by atoms with E-state index in [1.54, 1.807) is 4.57 Å². The molecule has 0 saturated heterocycles. The van der Waals surface area contributed by atoms with E-state index in [1.807, 2.05) is 5.32 Å². The van der Waals surface area contributed by atoms with Crippen molar-refractivity contribution in [3.8, 4) is 0 Å². The van der Waals surface area contributed by atoms with Crippen molar-refractivity contribution in [2.75, 3.05) is 6.54 Å². The van der Waals surface area contributed by atoms with Crippen molar-refractivity contribution in [3.63, 3.8) is 0 Å². The fraction of sp³-hybridized carbons (Fsp3) is 0.500. The third-order valence-corrected chi connectivity index (χ3v) is 6.37. The largest absolute Gasteiger partial charge is 0.414 e. The van der Waals surface area contributed by atoms with Crippen molar-refractivity contribution in [2.45, 2.75) is 63.2 Å². The molecule has 4 rings (SSSR count). The Labute approximate surface area is 194 Å². The number of aromatic nitrogens is 2. The minimum absolute atomic E-state index is 0.00578. The number of amides is 2. The number of hydrogen-bond acceptors (Lipinski definition) is 4. The lowest BCUT2D eigenvalue weighted by atomic mass is 9.89. The summed E-state index contributed by atoms with van der Waals surface area (Å²) in [7, 11) is 0. The molecule has 0 aromatic carbocycles. The van der Waals surface area contributed by atoms with Gasteiger partial charge in [0.25, 0.3) is 11.8 Å². The highest BCUT2D eigenvalue weighted by molar-refractivity contribution is 5.99. The van der Waals surface area contributed by atoms with E-state index in [9.17, 15) is 27.6 Å². The van der Waals surface area contributed by atoms with Crippen LogP contribution in [0, 0.1) is 5.92 Å². The summed E-state index contributed by atoms with van der Waals surface area (Å²) in [5.41, 5.74) is -2.02. The first-order valence-electron chi connectivity index (χ1n) is 11.6. The van der Waals surface area contributed by atoms with Crippen LogP contribution in [-0.2, 0) is 0 Å². The molecule has 0 unspecified atom stereocenters. The lowest BCUT2D eigenvalue weighted by Gasteiger charge is -2.22. The zero-order chi connectivity index (χ0) is 24.3. The summed E-state index contributed by atoms with van der Waals surface area (Å²) in [6.07, 6.45) is 5.97. The summed E-state index contributed by atoms with van der Waals surface area (Å²) in [4.78, 5) is 42.5. The SMILES string of the molecule is O=C(NCC1CCCCC1)c1cn(C2CC2)cc(C(=O)N[C@@H](c2ccccn2)C(F)(F)F)c1=O. The Morgan fingerprint density at radius 3 is 2.29 bits per heavy atom. The average Bonchev–Trinajstić information content (AvgIpc) is 3.67. The number of rotatable bonds is 7. The van der Waals surface area contributed by atoms with Gasteiger partial charge < -0.3 is 15.2 Å². The minimum Gasteiger partial charge on any atom is -0.352 e. The van der Waals surface area contributed by atoms with Crippen LogP contribution in [0.25, 0.3) is 0 Å². The van der Waals surface area contributed by atoms with E-state index >= 15 is 0 Å². The van der Waals surface area contributed by atoms with Crippen LogP contribution in [0.1, 0.15) is 83.4 Å². The van der Waals surface area contributed by atoms with E-state index in [0.29, 0.717) is 12.5 Å². The first kappa shape index (κ1) is 24.0. The van der Waals surface area contributed by atoms with Crippen molar-refractivity contribution in [1.29, 1.82) is 0 Å². The Hall–Kier alpha value is -3.17. The highest BCUT2D eigenvalue weighted by atomic mass is 19.4. The molecule has 2 saturated carbocycles. The third kappa shape index (κ3) is 5.66. The molecule has 1 atom stereocenters. The molecule has 2 aliphatic rings. The molecule has 0 aliphatic heterocycles. The number of carbonyl (C=O) groups is 2. The number of hydrogen-bond donors (Lipinski definition) is 2. The van der Waals surface area contributed by atoms with Gasteiger partial charge in [-0.05, 0) is 43.7 Å². The van der Waals surface area contributed by atoms with Crippen LogP contribution in [0.3, 0.4) is 0 Å². The van der Waals surface area contributed by atoms with Crippen molar-refractivity contribution < 1.29 is 22.8 Å². The molecule has 10 heteroatoms. The molecule has 34 heavy (non-hydrogen) atoms. The zero-order valence-corrected chi connectivity index (χ0v) is 18.6. The van der Waals surface area contributed by atoms with Crippen LogP contribution in [0.15, 0.2) is 41.6 Å². The van der Waals surface area contributed by atoms with Crippen LogP contribution < -0.4 is 16.1 Å². The lowest BCUT2D eigenvalue weighted by molar-refractivity contribution is -0.156. The van der Waals surface area contributed by atoms with Gasteiger partial charge in [0.2, 0.25) is 5.43 Å². The summed E-state index contributed by atoms with van der Waals surface area (Å²) in [6, 6.07) is 1.60. The van der Waals surface area contributed by atoms with E-state index < -0.39 is 40.7 Å². The first-order valence-corrected chi connectivity index (χ1v) is 11.6. The lowest BCUT2D eigenvalue weighted by Crippen LogP contribution is -2.42. The van der Waals surface area contributed by atoms with Crippen molar-refractivity contribution >= 4 is 11.8 Å². The Kier molecular flexibility index (Phi) is 7.04. The first-order chi connectivity index (χ1) is 16.2. The fourth-order valence-electron chi connectivity index (χ4n) is 4.31. The van der Waals surface area contributed by atoms with Gasteiger partial charge >= 0.3 is 6.18 Å². The second kappa shape index (κ2) is 9.99. The van der Waals surface area contributed by atoms with Crippen LogP contribution in [0.2, 0.25) is 0 Å². The second-order valence-corrected chi connectivity index (χ2v) is 9.01. The van der Waals surface area contributed by atoms with Gasteiger partial charge in [0, 0.05) is 31.2 Å². The quantitative estimate of drug-likeness (QED) is 0.634. The maximum atomic E-state index is 13.7. The van der Waals surface area contributed by atoms with Crippen LogP contribution in [0.5, 0.6) is 0 Å². The van der Waals surface area contributed by atoms with Gasteiger partial charge in [0.05, 0.1) is 5.69 Å². The van der Waals surface area contributed by atoms with Crippen LogP contribution in [0.4, 0.5) is 13.2 Å². The topological polar surface area (TPSA) is 93.1 Å². The van der Waals surface area contributed by atoms with Gasteiger partial charge in [-0.15, -0.1) is 0 Å². The molecule has 7 nitrogen and oxygen atoms in total. The Balaban J connectivity index is 1.59. The Bertz CT molecular complexity index is 1090. The predicted molar refractivity (Wildman–Crippen MR) is 118 cm³/mol. The van der Waals surface area contributed by atoms with E-state index in [2.05, 4.69) is 10.3 Å². The molecule has 0 radical (unpaired) electrons. The summed E-state index contributed by atoms with van der Waals surface area (Å²) in [5.74, 6) is -1.48. The average molecular weight is 476 g/mol. The fourth-order valence-corrected chi connectivity index (χ4v) is 4.31. The monoisotopic (exact) mass is 476 g/mol. The van der Waals surface area contributed by atoms with Gasteiger partial charge in [0.15, 0.2) is 6.04 Å². The summed E-state index contributed by atoms with van der Waals surface area (Å²) >= 11 is 0. The van der Waals surface area contributed by atoms with E-state index in [4.69, 9.17) is 0 Å². The van der Waals surface area contributed by atoms with Gasteiger partial charge in [-0.25, -0.2) is 0 Å². The van der Waals surface area contributed by atoms with Crippen LogP contribution in [-0.4, -0.2) is 34.1 Å². The molecule has 2 heterocycles. The van der Waals surface area contributed by atoms with E-state index in [-0.39, 0.29) is 11.6 Å². The molecule has 182 valence electrons. The standard InChI is InChI=1S/C24H27F3N4O3/c25-24(26,27)21(19-8-4-5-11-28-19)30-23(34)18-14-31(16-9-10-16)13-17(20(18)32)22(33)29-12-15-6-2-1-3-7-15/h4-5,8,11,13-16,21H,1-3,6-7,9-10,12H2,(H,29,33)(H,30,34)/t21-/m0/s1. The maximum absolute atomic E-state index is 13.7. The molecule has 2 amide bonds. The predicted octanol–water partition coefficient (Wildman–Crippen LogP) is 3.92. The van der Waals surface area contributed by atoms with Gasteiger partial charge in [-0.1, -0.05) is 25.3 Å². The highest BCUT2D eigenvalue weighted by Gasteiger charge is 2.43. The molecule has 2 aromatic rings. The van der Waals surface area contributed by atoms with Gasteiger partial charge in [-0.2, -0.15) is 13.2 Å². The molecule has 2 aromatic heterocycles. The highest BCUT2D eigenvalue weighted by Crippen LogP contribution is 2.35. The molecule has 0 bridgehead atoms. The number of pyridine rings is 2. The van der Waals surface area contributed by atoms with E-state index in [1.165, 1.54) is 37.1 Å². The molecule has 2 aliphatic carbocycles. The zero-order valence-electron chi connectivity index (χ0n) is 18.6. The number of alkyl halides is 3. The molecular formula is C24H27F3N4O3. The van der Waals surface area contributed by atoms with E-state index in [0.717, 1.165) is 44.6 Å². The summed E-state index contributed by atoms with van der Waals surface area (Å²) < 4.78 is 42.6. The number of nitrogens with one attached hydrogen (secondary N) is 2. The molecule has 2 N–H and O–H groups in total. The Morgan fingerprint density at radius 2 is 1.71 bits per heavy atom. The molecule has 2 fully saturated rings. The minimum atomic E-state index is -4.82. The van der Waals surface area contributed by atoms with Crippen molar-refractivity contribution in [2.24, 2.45) is 5.92 Å². The van der Waals surface area contributed by atoms with Gasteiger partial charge in [0.1, 0.15) is 11.1 Å². The molecular weight excluding hydrogens is 449 g/mol. The van der Waals surface area contributed by atoms with Crippen molar-refractivity contribution in [1.82, 2.24) is 20.2 Å². The second-order valence-electron chi connectivity index (χ2n) is 9.01. The third-order valence-electron chi connectivity index (χ3n) is 6.37. The van der Waals surface area contributed by atoms with Crippen molar-refractivity contribution in [3.05, 3.63) is 63.8 Å². The number of nitrogens with zero attached hydrogens (tertiary/aromatic N) is 2. The Morgan fingerprint density at radius 1 is 1.03 bits per heavy atom. The molecule has 0 spiro atoms. The van der Waals surface area contributed by atoms with Gasteiger partial charge in [-0.3, -0.25) is 19.4 Å². The number of halogens is 3.